The number of imidazole rings is 1. The van der Waals surface area contributed by atoms with Gasteiger partial charge in [0, 0.05) is 16.0 Å². The van der Waals surface area contributed by atoms with Crippen LogP contribution in [0.2, 0.25) is 0 Å². The van der Waals surface area contributed by atoms with Crippen LogP contribution in [0.25, 0.3) is 9.66 Å². The van der Waals surface area contributed by atoms with E-state index in [4.69, 9.17) is 4.98 Å². The Morgan fingerprint density at radius 3 is 1.76 bits per heavy atom. The normalized spacial score (nSPS) is 12.0. The van der Waals surface area contributed by atoms with Crippen LogP contribution in [0.5, 0.6) is 0 Å². The van der Waals surface area contributed by atoms with Crippen molar-refractivity contribution in [3.63, 3.8) is 0 Å². The highest BCUT2D eigenvalue weighted by molar-refractivity contribution is 14.1. The van der Waals surface area contributed by atoms with Crippen molar-refractivity contribution in [3.8, 4) is 0 Å². The lowest BCUT2D eigenvalue weighted by Crippen LogP contribution is -2.36. The molecule has 0 amide bonds. The van der Waals surface area contributed by atoms with Gasteiger partial charge in [0.2, 0.25) is 0 Å². The Bertz CT molecular complexity index is 1250. The predicted molar refractivity (Wildman–Crippen MR) is 141 cm³/mol. The van der Waals surface area contributed by atoms with Crippen LogP contribution in [0, 0.1) is 0 Å². The molecule has 0 unspecified atom stereocenters. The van der Waals surface area contributed by atoms with Gasteiger partial charge in [0.05, 0.1) is 17.7 Å². The fourth-order valence-corrected chi connectivity index (χ4v) is 4.81. The molecule has 4 nitrogen and oxygen atoms in total. The molecule has 0 N–H and O–H groups in total. The van der Waals surface area contributed by atoms with Crippen LogP contribution in [-0.4, -0.2) is 19.7 Å². The highest BCUT2D eigenvalue weighted by Crippen LogP contribution is 2.41. The van der Waals surface area contributed by atoms with E-state index in [-0.39, 0.29) is 0 Å². The number of halogens is 1. The van der Waals surface area contributed by atoms with Crippen molar-refractivity contribution in [1.29, 1.82) is 0 Å². The molecule has 160 valence electrons. The molecule has 0 saturated heterocycles. The largest absolute Gasteiger partial charge is 0.318 e. The summed E-state index contributed by atoms with van der Waals surface area (Å²) in [7, 11) is 0. The average molecular weight is 540 g/mol. The van der Waals surface area contributed by atoms with E-state index in [0.717, 1.165) is 15.0 Å². The maximum Gasteiger partial charge on any atom is 0.121 e. The van der Waals surface area contributed by atoms with Crippen molar-refractivity contribution >= 4 is 32.2 Å². The Morgan fingerprint density at radius 2 is 1.27 bits per heavy atom. The minimum absolute atomic E-state index is 0.571. The van der Waals surface area contributed by atoms with E-state index in [1.54, 1.807) is 6.20 Å². The molecular weight excluding hydrogens is 519 g/mol. The number of benzene rings is 3. The number of aromatic nitrogens is 4. The molecular formula is C28H21IN4. The smallest absolute Gasteiger partial charge is 0.121 e. The van der Waals surface area contributed by atoms with Crippen LogP contribution in [0.3, 0.4) is 0 Å². The van der Waals surface area contributed by atoms with Gasteiger partial charge < -0.3 is 4.57 Å². The monoisotopic (exact) mass is 540 g/mol. The van der Waals surface area contributed by atoms with Crippen LogP contribution in [0.4, 0.5) is 0 Å². The SMILES string of the molecule is I/C(=C/c1cccnn1)c1cn(C(c2ccccc2)(c2ccccc2)c2ccccc2)cn1. The summed E-state index contributed by atoms with van der Waals surface area (Å²) in [5.41, 5.74) is 4.61. The predicted octanol–water partition coefficient (Wildman–Crippen LogP) is 6.45. The van der Waals surface area contributed by atoms with Crippen molar-refractivity contribution in [3.05, 3.63) is 150 Å². The lowest BCUT2D eigenvalue weighted by atomic mass is 9.77. The van der Waals surface area contributed by atoms with Gasteiger partial charge in [0.25, 0.3) is 0 Å². The van der Waals surface area contributed by atoms with Crippen LogP contribution in [0.1, 0.15) is 28.1 Å². The first-order chi connectivity index (χ1) is 16.3. The van der Waals surface area contributed by atoms with E-state index in [9.17, 15) is 0 Å². The molecule has 0 saturated carbocycles. The molecule has 3 aromatic carbocycles. The fraction of sp³-hybridized carbons (Fsp3) is 0.0357. The maximum absolute atomic E-state index is 4.79. The van der Waals surface area contributed by atoms with Gasteiger partial charge in [-0.2, -0.15) is 10.2 Å². The molecule has 5 aromatic rings. The summed E-state index contributed by atoms with van der Waals surface area (Å²) in [5.74, 6) is 0. The zero-order valence-corrected chi connectivity index (χ0v) is 19.9. The first kappa shape index (κ1) is 21.3. The van der Waals surface area contributed by atoms with Gasteiger partial charge in [-0.25, -0.2) is 4.98 Å². The minimum Gasteiger partial charge on any atom is -0.318 e. The molecule has 0 bridgehead atoms. The van der Waals surface area contributed by atoms with Crippen LogP contribution < -0.4 is 0 Å². The number of nitrogens with zero attached hydrogens (tertiary/aromatic N) is 4. The van der Waals surface area contributed by atoms with E-state index >= 15 is 0 Å². The average Bonchev–Trinajstić information content (AvgIpc) is 3.38. The van der Waals surface area contributed by atoms with Gasteiger partial charge in [-0.15, -0.1) is 0 Å². The molecule has 0 aliphatic carbocycles. The third kappa shape index (κ3) is 4.12. The van der Waals surface area contributed by atoms with Gasteiger partial charge in [0.1, 0.15) is 5.54 Å². The zero-order chi connectivity index (χ0) is 22.5. The quantitative estimate of drug-likeness (QED) is 0.184. The van der Waals surface area contributed by atoms with Gasteiger partial charge in [-0.3, -0.25) is 0 Å². The molecule has 5 heteroatoms. The van der Waals surface area contributed by atoms with Gasteiger partial charge in [0.15, 0.2) is 0 Å². The Kier molecular flexibility index (Phi) is 6.13. The van der Waals surface area contributed by atoms with E-state index < -0.39 is 5.54 Å². The lowest BCUT2D eigenvalue weighted by molar-refractivity contribution is 0.514. The molecule has 0 radical (unpaired) electrons. The molecule has 0 spiro atoms. The Labute approximate surface area is 206 Å². The molecule has 0 atom stereocenters. The highest BCUT2D eigenvalue weighted by Gasteiger charge is 2.38. The number of hydrogen-bond donors (Lipinski definition) is 0. The van der Waals surface area contributed by atoms with E-state index in [1.807, 2.05) is 24.5 Å². The molecule has 0 aliphatic rings. The standard InChI is InChI=1S/C28H21IN4/c29-26(19-25-17-10-18-31-32-25)27-20-33(21-30-27)28(22-11-4-1-5-12-22,23-13-6-2-7-14-23)24-15-8-3-9-16-24/h1-21H/b26-19+. The van der Waals surface area contributed by atoms with Crippen molar-refractivity contribution in [2.75, 3.05) is 0 Å². The summed E-state index contributed by atoms with van der Waals surface area (Å²) < 4.78 is 3.21. The topological polar surface area (TPSA) is 43.6 Å². The first-order valence-corrected chi connectivity index (χ1v) is 11.7. The molecule has 0 aliphatic heterocycles. The summed E-state index contributed by atoms with van der Waals surface area (Å²) in [4.78, 5) is 4.79. The molecule has 0 fully saturated rings. The van der Waals surface area contributed by atoms with Crippen molar-refractivity contribution in [2.45, 2.75) is 5.54 Å². The Morgan fingerprint density at radius 1 is 0.727 bits per heavy atom. The zero-order valence-electron chi connectivity index (χ0n) is 17.8. The highest BCUT2D eigenvalue weighted by atomic mass is 127. The maximum atomic E-state index is 4.79. The van der Waals surface area contributed by atoms with Crippen LogP contribution >= 0.6 is 22.6 Å². The van der Waals surface area contributed by atoms with Gasteiger partial charge in [-0.05, 0) is 57.5 Å². The van der Waals surface area contributed by atoms with Gasteiger partial charge >= 0.3 is 0 Å². The second-order valence-electron chi connectivity index (χ2n) is 7.62. The molecule has 33 heavy (non-hydrogen) atoms. The van der Waals surface area contributed by atoms with Crippen LogP contribution in [0.15, 0.2) is 122 Å². The number of hydrogen-bond acceptors (Lipinski definition) is 3. The summed E-state index contributed by atoms with van der Waals surface area (Å²) in [5, 5.41) is 8.15. The third-order valence-electron chi connectivity index (χ3n) is 5.66. The van der Waals surface area contributed by atoms with E-state index in [1.165, 1.54) is 16.7 Å². The minimum atomic E-state index is -0.571. The van der Waals surface area contributed by atoms with E-state index in [2.05, 4.69) is 135 Å². The number of rotatable bonds is 6. The molecule has 5 rings (SSSR count). The summed E-state index contributed by atoms with van der Waals surface area (Å²) in [6, 6.07) is 35.6. The summed E-state index contributed by atoms with van der Waals surface area (Å²) >= 11 is 2.31. The van der Waals surface area contributed by atoms with Crippen molar-refractivity contribution in [2.24, 2.45) is 0 Å². The summed E-state index contributed by atoms with van der Waals surface area (Å²) in [6.45, 7) is 0. The van der Waals surface area contributed by atoms with Gasteiger partial charge in [-0.1, -0.05) is 91.0 Å². The molecule has 2 aromatic heterocycles. The van der Waals surface area contributed by atoms with Crippen molar-refractivity contribution in [1.82, 2.24) is 19.7 Å². The van der Waals surface area contributed by atoms with Crippen LogP contribution in [-0.2, 0) is 5.54 Å². The van der Waals surface area contributed by atoms with Crippen molar-refractivity contribution < 1.29 is 0 Å². The lowest BCUT2D eigenvalue weighted by Gasteiger charge is -2.37. The second-order valence-corrected chi connectivity index (χ2v) is 8.78. The third-order valence-corrected chi connectivity index (χ3v) is 6.52. The second kappa shape index (κ2) is 9.50. The Hall–Kier alpha value is -3.58. The molecule has 2 heterocycles. The first-order valence-electron chi connectivity index (χ1n) is 10.6. The Balaban J connectivity index is 1.74. The van der Waals surface area contributed by atoms with E-state index in [0.29, 0.717) is 0 Å². The fourth-order valence-electron chi connectivity index (χ4n) is 4.21. The summed E-state index contributed by atoms with van der Waals surface area (Å²) in [6.07, 6.45) is 7.70.